The highest BCUT2D eigenvalue weighted by Gasteiger charge is 2.46. The molecule has 1 aliphatic heterocycles. The van der Waals surface area contributed by atoms with Crippen molar-refractivity contribution in [3.05, 3.63) is 60.8 Å². The topological polar surface area (TPSA) is 127 Å². The van der Waals surface area contributed by atoms with E-state index in [1.807, 2.05) is 25.4 Å². The van der Waals surface area contributed by atoms with E-state index in [0.717, 1.165) is 5.69 Å². The van der Waals surface area contributed by atoms with E-state index in [2.05, 4.69) is 30.5 Å². The molecule has 4 aromatic heterocycles. The van der Waals surface area contributed by atoms with E-state index < -0.39 is 5.60 Å². The quantitative estimate of drug-likeness (QED) is 0.483. The number of hydrogen-bond donors (Lipinski definition) is 2. The molecule has 5 heterocycles. The Bertz CT molecular complexity index is 1300. The standard InChI is InChI=1S/C21H21N9O2/c1-28-9-7-21(32,19(28)31)14-10-24-30(12-14)18-5-3-4-16(26-18)17-6-8-22-20(27-17)25-15-11-23-29(2)13-15/h3-6,8,10-13,32H,7,9H2,1-2H3,(H,22,25,27). The molecule has 0 spiro atoms. The number of amides is 1. The van der Waals surface area contributed by atoms with Gasteiger partial charge in [0.1, 0.15) is 0 Å². The second-order valence-corrected chi connectivity index (χ2v) is 7.68. The molecule has 0 bridgehead atoms. The Morgan fingerprint density at radius 2 is 1.91 bits per heavy atom. The average molecular weight is 431 g/mol. The molecule has 0 saturated carbocycles. The molecule has 0 aliphatic carbocycles. The maximum atomic E-state index is 12.4. The van der Waals surface area contributed by atoms with Gasteiger partial charge in [0.2, 0.25) is 5.95 Å². The lowest BCUT2D eigenvalue weighted by Crippen LogP contribution is -2.35. The Morgan fingerprint density at radius 1 is 1.06 bits per heavy atom. The van der Waals surface area contributed by atoms with Crippen LogP contribution in [0.1, 0.15) is 12.0 Å². The van der Waals surface area contributed by atoms with Gasteiger partial charge in [0.15, 0.2) is 11.4 Å². The maximum Gasteiger partial charge on any atom is 0.259 e. The number of rotatable bonds is 5. The Labute approximate surface area is 183 Å². The van der Waals surface area contributed by atoms with Crippen LogP contribution in [0.5, 0.6) is 0 Å². The van der Waals surface area contributed by atoms with Crippen LogP contribution < -0.4 is 5.32 Å². The van der Waals surface area contributed by atoms with E-state index in [4.69, 9.17) is 0 Å². The van der Waals surface area contributed by atoms with Gasteiger partial charge in [0, 0.05) is 51.2 Å². The number of likely N-dealkylation sites (N-methyl/N-ethyl adjacent to an activating group) is 1. The molecular formula is C21H21N9O2. The van der Waals surface area contributed by atoms with E-state index in [9.17, 15) is 9.90 Å². The molecule has 0 aromatic carbocycles. The van der Waals surface area contributed by atoms with Gasteiger partial charge in [-0.1, -0.05) is 6.07 Å². The van der Waals surface area contributed by atoms with Crippen molar-refractivity contribution in [1.29, 1.82) is 0 Å². The third-order valence-electron chi connectivity index (χ3n) is 5.42. The number of hydrogen-bond acceptors (Lipinski definition) is 8. The van der Waals surface area contributed by atoms with E-state index in [1.165, 1.54) is 11.1 Å². The summed E-state index contributed by atoms with van der Waals surface area (Å²) >= 11 is 0. The smallest absolute Gasteiger partial charge is 0.259 e. The molecule has 2 N–H and O–H groups in total. The fourth-order valence-corrected chi connectivity index (χ4v) is 3.65. The third-order valence-corrected chi connectivity index (χ3v) is 5.42. The molecule has 0 radical (unpaired) electrons. The van der Waals surface area contributed by atoms with Crippen LogP contribution in [-0.4, -0.2) is 64.0 Å². The van der Waals surface area contributed by atoms with Crippen molar-refractivity contribution >= 4 is 17.5 Å². The summed E-state index contributed by atoms with van der Waals surface area (Å²) in [7, 11) is 3.51. The number of carbonyl (C=O) groups is 1. The number of pyridine rings is 1. The lowest BCUT2D eigenvalue weighted by Gasteiger charge is -2.18. The van der Waals surface area contributed by atoms with E-state index >= 15 is 0 Å². The SMILES string of the molecule is CN1CCC(O)(c2cnn(-c3cccc(-c4ccnc(Nc5cnn(C)c5)n4)n3)c2)C1=O. The van der Waals surface area contributed by atoms with Gasteiger partial charge in [-0.2, -0.15) is 10.2 Å². The van der Waals surface area contributed by atoms with Crippen LogP contribution in [0.4, 0.5) is 11.6 Å². The Kier molecular flexibility index (Phi) is 4.67. The lowest BCUT2D eigenvalue weighted by molar-refractivity contribution is -0.143. The minimum Gasteiger partial charge on any atom is -0.375 e. The molecule has 1 amide bonds. The average Bonchev–Trinajstić information content (AvgIpc) is 3.52. The number of nitrogens with zero attached hydrogens (tertiary/aromatic N) is 8. The number of likely N-dealkylation sites (tertiary alicyclic amines) is 1. The lowest BCUT2D eigenvalue weighted by atomic mass is 9.95. The van der Waals surface area contributed by atoms with Crippen LogP contribution in [0.25, 0.3) is 17.2 Å². The molecule has 1 saturated heterocycles. The Hall–Kier alpha value is -4.12. The van der Waals surface area contributed by atoms with Crippen molar-refractivity contribution < 1.29 is 9.90 Å². The van der Waals surface area contributed by atoms with Crippen LogP contribution in [0.3, 0.4) is 0 Å². The monoisotopic (exact) mass is 431 g/mol. The van der Waals surface area contributed by atoms with Gasteiger partial charge in [-0.05, 0) is 18.2 Å². The summed E-state index contributed by atoms with van der Waals surface area (Å²) in [5.74, 6) is 0.639. The molecule has 162 valence electrons. The van der Waals surface area contributed by atoms with Gasteiger partial charge < -0.3 is 15.3 Å². The van der Waals surface area contributed by atoms with E-state index in [1.54, 1.807) is 47.1 Å². The second-order valence-electron chi connectivity index (χ2n) is 7.68. The summed E-state index contributed by atoms with van der Waals surface area (Å²) in [4.78, 5) is 27.3. The van der Waals surface area contributed by atoms with Gasteiger partial charge in [-0.3, -0.25) is 9.48 Å². The zero-order chi connectivity index (χ0) is 22.3. The number of anilines is 2. The van der Waals surface area contributed by atoms with Crippen LogP contribution >= 0.6 is 0 Å². The van der Waals surface area contributed by atoms with Gasteiger partial charge in [-0.15, -0.1) is 0 Å². The molecular weight excluding hydrogens is 410 g/mol. The summed E-state index contributed by atoms with van der Waals surface area (Å²) in [5.41, 5.74) is 0.937. The highest BCUT2D eigenvalue weighted by Crippen LogP contribution is 2.32. The fourth-order valence-electron chi connectivity index (χ4n) is 3.65. The fraction of sp³-hybridized carbons (Fsp3) is 0.238. The first kappa shape index (κ1) is 19.8. The molecule has 11 nitrogen and oxygen atoms in total. The Balaban J connectivity index is 1.42. The Morgan fingerprint density at radius 3 is 2.66 bits per heavy atom. The number of carbonyl (C=O) groups excluding carboxylic acids is 1. The predicted molar refractivity (Wildman–Crippen MR) is 115 cm³/mol. The zero-order valence-electron chi connectivity index (χ0n) is 17.5. The van der Waals surface area contributed by atoms with Crippen LogP contribution in [0.15, 0.2) is 55.2 Å². The third kappa shape index (κ3) is 3.48. The summed E-state index contributed by atoms with van der Waals surface area (Å²) in [6.45, 7) is 0.497. The predicted octanol–water partition coefficient (Wildman–Crippen LogP) is 1.25. The van der Waals surface area contributed by atoms with Crippen LogP contribution in [-0.2, 0) is 17.4 Å². The minimum atomic E-state index is -1.55. The summed E-state index contributed by atoms with van der Waals surface area (Å²) in [5, 5.41) is 22.4. The van der Waals surface area contributed by atoms with Crippen molar-refractivity contribution in [2.75, 3.05) is 18.9 Å². The van der Waals surface area contributed by atoms with Crippen molar-refractivity contribution in [1.82, 2.24) is 39.4 Å². The number of aromatic nitrogens is 7. The molecule has 11 heteroatoms. The van der Waals surface area contributed by atoms with Crippen LogP contribution in [0.2, 0.25) is 0 Å². The van der Waals surface area contributed by atoms with Gasteiger partial charge in [0.25, 0.3) is 5.91 Å². The molecule has 4 aromatic rings. The van der Waals surface area contributed by atoms with Crippen molar-refractivity contribution in [3.63, 3.8) is 0 Å². The van der Waals surface area contributed by atoms with Gasteiger partial charge in [0.05, 0.1) is 29.5 Å². The molecule has 1 aliphatic rings. The first-order valence-corrected chi connectivity index (χ1v) is 10.0. The van der Waals surface area contributed by atoms with Crippen molar-refractivity contribution in [2.45, 2.75) is 12.0 Å². The summed E-state index contributed by atoms with van der Waals surface area (Å²) in [6, 6.07) is 7.25. The van der Waals surface area contributed by atoms with Gasteiger partial charge in [-0.25, -0.2) is 19.6 Å². The first-order valence-electron chi connectivity index (χ1n) is 10.0. The highest BCUT2D eigenvalue weighted by molar-refractivity contribution is 5.88. The highest BCUT2D eigenvalue weighted by atomic mass is 16.3. The molecule has 1 atom stereocenters. The number of nitrogens with one attached hydrogen (secondary N) is 1. The van der Waals surface area contributed by atoms with Crippen molar-refractivity contribution in [3.8, 4) is 17.2 Å². The largest absolute Gasteiger partial charge is 0.375 e. The normalized spacial score (nSPS) is 18.3. The molecule has 1 unspecified atom stereocenters. The van der Waals surface area contributed by atoms with Gasteiger partial charge >= 0.3 is 0 Å². The summed E-state index contributed by atoms with van der Waals surface area (Å²) in [6.07, 6.45) is 8.63. The molecule has 1 fully saturated rings. The number of aryl methyl sites for hydroxylation is 1. The second kappa shape index (κ2) is 7.54. The molecule has 32 heavy (non-hydrogen) atoms. The minimum absolute atomic E-state index is 0.326. The van der Waals surface area contributed by atoms with E-state index in [-0.39, 0.29) is 5.91 Å². The zero-order valence-corrected chi connectivity index (χ0v) is 17.5. The van der Waals surface area contributed by atoms with Crippen LogP contribution in [0, 0.1) is 0 Å². The maximum absolute atomic E-state index is 12.4. The number of aliphatic hydroxyl groups is 1. The van der Waals surface area contributed by atoms with Crippen molar-refractivity contribution in [2.24, 2.45) is 7.05 Å². The molecule has 5 rings (SSSR count). The first-order chi connectivity index (χ1) is 15.4. The van der Waals surface area contributed by atoms with E-state index in [0.29, 0.717) is 41.7 Å². The summed E-state index contributed by atoms with van der Waals surface area (Å²) < 4.78 is 3.22.